The van der Waals surface area contributed by atoms with Crippen molar-refractivity contribution in [3.63, 3.8) is 0 Å². The Morgan fingerprint density at radius 2 is 1.41 bits per heavy atom. The number of carbonyl (C=O) groups excluding carboxylic acids is 1. The maximum Gasteiger partial charge on any atom is 0.185 e. The quantitative estimate of drug-likeness (QED) is 0.154. The van der Waals surface area contributed by atoms with Gasteiger partial charge in [-0.25, -0.2) is 0 Å². The number of hydrogen-bond donors (Lipinski definition) is 1. The molecular formula is C29H40O3. The van der Waals surface area contributed by atoms with Crippen LogP contribution in [0.4, 0.5) is 0 Å². The molecule has 0 aromatic heterocycles. The van der Waals surface area contributed by atoms with Gasteiger partial charge in [0.05, 0.1) is 6.61 Å². The molecule has 0 heterocycles. The third-order valence-corrected chi connectivity index (χ3v) is 5.70. The molecule has 0 aliphatic rings. The number of allylic oxidation sites excluding steroid dienone is 1. The second kappa shape index (κ2) is 16.1. The van der Waals surface area contributed by atoms with Crippen LogP contribution in [0.2, 0.25) is 0 Å². The molecule has 174 valence electrons. The molecule has 0 saturated carbocycles. The van der Waals surface area contributed by atoms with E-state index in [-0.39, 0.29) is 11.5 Å². The molecule has 0 fully saturated rings. The minimum absolute atomic E-state index is 0.0962. The zero-order chi connectivity index (χ0) is 22.9. The van der Waals surface area contributed by atoms with Crippen LogP contribution in [0.5, 0.6) is 11.5 Å². The number of ketones is 1. The lowest BCUT2D eigenvalue weighted by Gasteiger charge is -2.06. The van der Waals surface area contributed by atoms with Crippen LogP contribution in [0.25, 0.3) is 6.08 Å². The van der Waals surface area contributed by atoms with Gasteiger partial charge in [0.1, 0.15) is 11.5 Å². The number of ether oxygens (including phenoxy) is 1. The highest BCUT2D eigenvalue weighted by Crippen LogP contribution is 2.16. The highest BCUT2D eigenvalue weighted by molar-refractivity contribution is 6.07. The van der Waals surface area contributed by atoms with Gasteiger partial charge in [-0.3, -0.25) is 4.79 Å². The third kappa shape index (κ3) is 11.2. The van der Waals surface area contributed by atoms with Crippen molar-refractivity contribution in [2.45, 2.75) is 84.0 Å². The van der Waals surface area contributed by atoms with Crippen molar-refractivity contribution in [1.82, 2.24) is 0 Å². The van der Waals surface area contributed by atoms with Gasteiger partial charge in [-0.2, -0.15) is 0 Å². The monoisotopic (exact) mass is 436 g/mol. The molecule has 0 amide bonds. The van der Waals surface area contributed by atoms with Crippen molar-refractivity contribution in [2.24, 2.45) is 0 Å². The zero-order valence-corrected chi connectivity index (χ0v) is 19.7. The number of phenolic OH excluding ortho intramolecular Hbond substituents is 1. The Bertz CT molecular complexity index is 792. The van der Waals surface area contributed by atoms with Gasteiger partial charge in [-0.1, -0.05) is 108 Å². The lowest BCUT2D eigenvalue weighted by Crippen LogP contribution is -1.97. The van der Waals surface area contributed by atoms with Crippen molar-refractivity contribution in [3.05, 3.63) is 65.7 Å². The average Bonchev–Trinajstić information content (AvgIpc) is 2.81. The van der Waals surface area contributed by atoms with Crippen molar-refractivity contribution >= 4 is 11.9 Å². The summed E-state index contributed by atoms with van der Waals surface area (Å²) in [6.45, 7) is 3.02. The van der Waals surface area contributed by atoms with Crippen LogP contribution in [-0.4, -0.2) is 17.5 Å². The van der Waals surface area contributed by atoms with Crippen LogP contribution < -0.4 is 4.74 Å². The Balaban J connectivity index is 1.52. The van der Waals surface area contributed by atoms with E-state index in [1.54, 1.807) is 24.3 Å². The van der Waals surface area contributed by atoms with Crippen molar-refractivity contribution in [1.29, 1.82) is 0 Å². The Morgan fingerprint density at radius 1 is 0.812 bits per heavy atom. The highest BCUT2D eigenvalue weighted by Gasteiger charge is 2.02. The van der Waals surface area contributed by atoms with Crippen LogP contribution in [0.1, 0.15) is 99.9 Å². The summed E-state index contributed by atoms with van der Waals surface area (Å²) in [5.41, 5.74) is 1.42. The first-order valence-electron chi connectivity index (χ1n) is 12.4. The molecule has 0 atom stereocenters. The number of phenols is 1. The van der Waals surface area contributed by atoms with Gasteiger partial charge in [-0.05, 0) is 42.3 Å². The standard InChI is InChI=1S/C29H40O3/c1-2-3-4-5-6-7-8-9-10-11-12-13-23-32-28-20-17-25(18-21-28)19-22-29(31)26-15-14-16-27(30)24-26/h14-22,24,30H,2-13,23H2,1H3/b22-19+. The molecule has 0 spiro atoms. The topological polar surface area (TPSA) is 46.5 Å². The SMILES string of the molecule is CCCCCCCCCCCCCCOc1ccc(/C=C/C(=O)c2cccc(O)c2)cc1. The van der Waals surface area contributed by atoms with Crippen LogP contribution in [0.3, 0.4) is 0 Å². The molecular weight excluding hydrogens is 396 g/mol. The molecule has 3 nitrogen and oxygen atoms in total. The van der Waals surface area contributed by atoms with Gasteiger partial charge in [0.25, 0.3) is 0 Å². The first-order chi connectivity index (χ1) is 15.7. The van der Waals surface area contributed by atoms with Gasteiger partial charge >= 0.3 is 0 Å². The normalized spacial score (nSPS) is 11.2. The van der Waals surface area contributed by atoms with Crippen LogP contribution >= 0.6 is 0 Å². The lowest BCUT2D eigenvalue weighted by molar-refractivity contribution is 0.104. The summed E-state index contributed by atoms with van der Waals surface area (Å²) in [4.78, 5) is 12.2. The summed E-state index contributed by atoms with van der Waals surface area (Å²) in [5, 5.41) is 9.48. The Hall–Kier alpha value is -2.55. The van der Waals surface area contributed by atoms with E-state index in [4.69, 9.17) is 4.74 Å². The number of unbranched alkanes of at least 4 members (excludes halogenated alkanes) is 11. The maximum atomic E-state index is 12.2. The summed E-state index contributed by atoms with van der Waals surface area (Å²) >= 11 is 0. The largest absolute Gasteiger partial charge is 0.508 e. The first kappa shape index (κ1) is 25.7. The average molecular weight is 437 g/mol. The predicted octanol–water partition coefficient (Wildman–Crippen LogP) is 8.37. The number of rotatable bonds is 17. The van der Waals surface area contributed by atoms with Crippen LogP contribution in [-0.2, 0) is 0 Å². The lowest BCUT2D eigenvalue weighted by atomic mass is 10.1. The molecule has 1 N–H and O–H groups in total. The molecule has 0 saturated heterocycles. The second-order valence-corrected chi connectivity index (χ2v) is 8.55. The van der Waals surface area contributed by atoms with E-state index in [0.29, 0.717) is 5.56 Å². The van der Waals surface area contributed by atoms with Crippen LogP contribution in [0, 0.1) is 0 Å². The van der Waals surface area contributed by atoms with Gasteiger partial charge in [0, 0.05) is 5.56 Å². The highest BCUT2D eigenvalue weighted by atomic mass is 16.5. The van der Waals surface area contributed by atoms with E-state index in [9.17, 15) is 9.90 Å². The van der Waals surface area contributed by atoms with E-state index < -0.39 is 0 Å². The van der Waals surface area contributed by atoms with Crippen molar-refractivity contribution in [2.75, 3.05) is 6.61 Å². The Kier molecular flexibility index (Phi) is 13.0. The molecule has 2 aromatic rings. The van der Waals surface area contributed by atoms with Crippen molar-refractivity contribution in [3.8, 4) is 11.5 Å². The van der Waals surface area contributed by atoms with Gasteiger partial charge in [-0.15, -0.1) is 0 Å². The number of hydrogen-bond acceptors (Lipinski definition) is 3. The maximum absolute atomic E-state index is 12.2. The summed E-state index contributed by atoms with van der Waals surface area (Å²) < 4.78 is 5.84. The molecule has 32 heavy (non-hydrogen) atoms. The van der Waals surface area contributed by atoms with Gasteiger partial charge in [0.15, 0.2) is 5.78 Å². The fraction of sp³-hybridized carbons (Fsp3) is 0.483. The predicted molar refractivity (Wildman–Crippen MR) is 134 cm³/mol. The molecule has 0 aliphatic carbocycles. The fourth-order valence-corrected chi connectivity index (χ4v) is 3.74. The minimum atomic E-state index is -0.131. The molecule has 2 rings (SSSR count). The molecule has 0 radical (unpaired) electrons. The summed E-state index contributed by atoms with van der Waals surface area (Å²) in [5.74, 6) is 0.830. The molecule has 2 aromatic carbocycles. The first-order valence-corrected chi connectivity index (χ1v) is 12.4. The number of carbonyl (C=O) groups is 1. The smallest absolute Gasteiger partial charge is 0.185 e. The van der Waals surface area contributed by atoms with E-state index in [2.05, 4.69) is 6.92 Å². The van der Waals surface area contributed by atoms with Crippen LogP contribution in [0.15, 0.2) is 54.6 Å². The van der Waals surface area contributed by atoms with Crippen molar-refractivity contribution < 1.29 is 14.6 Å². The van der Waals surface area contributed by atoms with E-state index in [1.807, 2.05) is 24.3 Å². The van der Waals surface area contributed by atoms with Gasteiger partial charge in [0.2, 0.25) is 0 Å². The zero-order valence-electron chi connectivity index (χ0n) is 19.7. The minimum Gasteiger partial charge on any atom is -0.508 e. The van der Waals surface area contributed by atoms with E-state index in [1.165, 1.54) is 82.8 Å². The number of benzene rings is 2. The number of aromatic hydroxyl groups is 1. The van der Waals surface area contributed by atoms with Gasteiger partial charge < -0.3 is 9.84 Å². The molecule has 3 heteroatoms. The van der Waals surface area contributed by atoms with E-state index >= 15 is 0 Å². The summed E-state index contributed by atoms with van der Waals surface area (Å²) in [7, 11) is 0. The summed E-state index contributed by atoms with van der Waals surface area (Å²) in [6, 6.07) is 14.2. The second-order valence-electron chi connectivity index (χ2n) is 8.55. The summed E-state index contributed by atoms with van der Waals surface area (Å²) in [6.07, 6.45) is 19.4. The third-order valence-electron chi connectivity index (χ3n) is 5.70. The fourth-order valence-electron chi connectivity index (χ4n) is 3.74. The van der Waals surface area contributed by atoms with E-state index in [0.717, 1.165) is 24.3 Å². The molecule has 0 unspecified atom stereocenters. The Labute approximate surface area is 194 Å². The molecule has 0 aliphatic heterocycles. The molecule has 0 bridgehead atoms. The Morgan fingerprint density at radius 3 is 2.00 bits per heavy atom.